The van der Waals surface area contributed by atoms with E-state index in [2.05, 4.69) is 26.1 Å². The molecular weight excluding hydrogens is 198 g/mol. The molecule has 2 heteroatoms. The van der Waals surface area contributed by atoms with Gasteiger partial charge in [0.2, 0.25) is 0 Å². The molecule has 0 heterocycles. The predicted octanol–water partition coefficient (Wildman–Crippen LogP) is 3.61. The van der Waals surface area contributed by atoms with E-state index in [1.165, 1.54) is 32.1 Å². The minimum absolute atomic E-state index is 0.781. The van der Waals surface area contributed by atoms with Gasteiger partial charge in [0.05, 0.1) is 0 Å². The molecular formula is C14H31NO. The van der Waals surface area contributed by atoms with Gasteiger partial charge in [0, 0.05) is 13.2 Å². The van der Waals surface area contributed by atoms with Crippen LogP contribution in [0.4, 0.5) is 0 Å². The summed E-state index contributed by atoms with van der Waals surface area (Å²) in [5, 5.41) is 3.39. The number of rotatable bonds is 12. The third kappa shape index (κ3) is 10.4. The molecule has 0 amide bonds. The molecule has 1 unspecified atom stereocenters. The summed E-state index contributed by atoms with van der Waals surface area (Å²) in [5.41, 5.74) is 0. The summed E-state index contributed by atoms with van der Waals surface area (Å²) in [5.74, 6) is 0.781. The van der Waals surface area contributed by atoms with Gasteiger partial charge in [-0.15, -0.1) is 0 Å². The van der Waals surface area contributed by atoms with Crippen LogP contribution in [0.15, 0.2) is 0 Å². The van der Waals surface area contributed by atoms with Gasteiger partial charge in [0.25, 0.3) is 0 Å². The summed E-state index contributed by atoms with van der Waals surface area (Å²) >= 11 is 0. The molecule has 0 aliphatic carbocycles. The summed E-state index contributed by atoms with van der Waals surface area (Å²) in [6.45, 7) is 10.8. The number of ether oxygens (including phenoxy) is 1. The highest BCUT2D eigenvalue weighted by atomic mass is 16.5. The van der Waals surface area contributed by atoms with Gasteiger partial charge in [-0.25, -0.2) is 0 Å². The van der Waals surface area contributed by atoms with E-state index in [9.17, 15) is 0 Å². The van der Waals surface area contributed by atoms with Gasteiger partial charge in [0.15, 0.2) is 0 Å². The van der Waals surface area contributed by atoms with Crippen molar-refractivity contribution in [2.45, 2.75) is 59.3 Å². The zero-order chi connectivity index (χ0) is 12.1. The molecule has 0 saturated heterocycles. The normalized spacial score (nSPS) is 12.9. The van der Waals surface area contributed by atoms with Crippen LogP contribution in [0.2, 0.25) is 0 Å². The van der Waals surface area contributed by atoms with E-state index in [-0.39, 0.29) is 0 Å². The van der Waals surface area contributed by atoms with Crippen LogP contribution in [0.3, 0.4) is 0 Å². The molecule has 0 aliphatic heterocycles. The molecule has 0 spiro atoms. The number of nitrogens with one attached hydrogen (secondary N) is 1. The van der Waals surface area contributed by atoms with Gasteiger partial charge in [-0.2, -0.15) is 0 Å². The van der Waals surface area contributed by atoms with Crippen molar-refractivity contribution in [2.24, 2.45) is 5.92 Å². The number of hydrogen-bond acceptors (Lipinski definition) is 2. The average molecular weight is 229 g/mol. The zero-order valence-corrected chi connectivity index (χ0v) is 11.6. The van der Waals surface area contributed by atoms with Crippen LogP contribution in [-0.2, 0) is 4.74 Å². The second kappa shape index (κ2) is 13.0. The van der Waals surface area contributed by atoms with E-state index in [1.54, 1.807) is 0 Å². The van der Waals surface area contributed by atoms with Crippen molar-refractivity contribution in [3.05, 3.63) is 0 Å². The SMILES string of the molecule is CCCCC(CC)COCCCNCCC. The highest BCUT2D eigenvalue weighted by Crippen LogP contribution is 2.12. The fraction of sp³-hybridized carbons (Fsp3) is 1.00. The van der Waals surface area contributed by atoms with Crippen LogP contribution in [-0.4, -0.2) is 26.3 Å². The van der Waals surface area contributed by atoms with E-state index >= 15 is 0 Å². The van der Waals surface area contributed by atoms with Gasteiger partial charge in [0.1, 0.15) is 0 Å². The van der Waals surface area contributed by atoms with E-state index in [0.29, 0.717) is 0 Å². The Hall–Kier alpha value is -0.0800. The Morgan fingerprint density at radius 3 is 2.44 bits per heavy atom. The van der Waals surface area contributed by atoms with Crippen LogP contribution in [0, 0.1) is 5.92 Å². The molecule has 0 fully saturated rings. The van der Waals surface area contributed by atoms with Crippen molar-refractivity contribution in [1.29, 1.82) is 0 Å². The molecule has 0 saturated carbocycles. The van der Waals surface area contributed by atoms with E-state index in [4.69, 9.17) is 4.74 Å². The van der Waals surface area contributed by atoms with Crippen molar-refractivity contribution in [3.8, 4) is 0 Å². The van der Waals surface area contributed by atoms with Gasteiger partial charge in [-0.3, -0.25) is 0 Å². The Morgan fingerprint density at radius 2 is 1.81 bits per heavy atom. The molecule has 16 heavy (non-hydrogen) atoms. The standard InChI is InChI=1S/C14H31NO/c1-4-7-9-14(6-3)13-16-12-8-11-15-10-5-2/h14-15H,4-13H2,1-3H3. The molecule has 0 aromatic rings. The lowest BCUT2D eigenvalue weighted by Gasteiger charge is -2.14. The molecule has 0 bridgehead atoms. The second-order valence-electron chi connectivity index (χ2n) is 4.59. The Labute approximate surface area is 102 Å². The monoisotopic (exact) mass is 229 g/mol. The lowest BCUT2D eigenvalue weighted by molar-refractivity contribution is 0.0922. The molecule has 2 nitrogen and oxygen atoms in total. The lowest BCUT2D eigenvalue weighted by atomic mass is 10.0. The predicted molar refractivity (Wildman–Crippen MR) is 71.9 cm³/mol. The maximum absolute atomic E-state index is 5.72. The second-order valence-corrected chi connectivity index (χ2v) is 4.59. The van der Waals surface area contributed by atoms with Gasteiger partial charge in [-0.05, 0) is 38.3 Å². The molecule has 98 valence electrons. The van der Waals surface area contributed by atoms with Crippen LogP contribution in [0.5, 0.6) is 0 Å². The molecule has 0 aromatic heterocycles. The topological polar surface area (TPSA) is 21.3 Å². The molecule has 0 rings (SSSR count). The first-order valence-corrected chi connectivity index (χ1v) is 7.13. The fourth-order valence-electron chi connectivity index (χ4n) is 1.75. The van der Waals surface area contributed by atoms with Crippen LogP contribution >= 0.6 is 0 Å². The van der Waals surface area contributed by atoms with Crippen molar-refractivity contribution in [2.75, 3.05) is 26.3 Å². The Balaban J connectivity index is 3.20. The third-order valence-electron chi connectivity index (χ3n) is 2.97. The van der Waals surface area contributed by atoms with Crippen LogP contribution in [0.1, 0.15) is 59.3 Å². The smallest absolute Gasteiger partial charge is 0.0494 e. The minimum atomic E-state index is 0.781. The summed E-state index contributed by atoms with van der Waals surface area (Å²) in [7, 11) is 0. The fourth-order valence-corrected chi connectivity index (χ4v) is 1.75. The third-order valence-corrected chi connectivity index (χ3v) is 2.97. The highest BCUT2D eigenvalue weighted by molar-refractivity contribution is 4.56. The van der Waals surface area contributed by atoms with Crippen LogP contribution < -0.4 is 5.32 Å². The first-order valence-electron chi connectivity index (χ1n) is 7.13. The summed E-state index contributed by atoms with van der Waals surface area (Å²) < 4.78 is 5.72. The quantitative estimate of drug-likeness (QED) is 0.516. The van der Waals surface area contributed by atoms with E-state index < -0.39 is 0 Å². The van der Waals surface area contributed by atoms with E-state index in [0.717, 1.165) is 38.6 Å². The van der Waals surface area contributed by atoms with E-state index in [1.807, 2.05) is 0 Å². The maximum Gasteiger partial charge on any atom is 0.0494 e. The number of hydrogen-bond donors (Lipinski definition) is 1. The first-order chi connectivity index (χ1) is 7.85. The highest BCUT2D eigenvalue weighted by Gasteiger charge is 2.05. The molecule has 0 aliphatic rings. The molecule has 1 N–H and O–H groups in total. The van der Waals surface area contributed by atoms with Gasteiger partial charge in [-0.1, -0.05) is 40.0 Å². The minimum Gasteiger partial charge on any atom is -0.381 e. The van der Waals surface area contributed by atoms with Gasteiger partial charge < -0.3 is 10.1 Å². The zero-order valence-electron chi connectivity index (χ0n) is 11.6. The number of unbranched alkanes of at least 4 members (excludes halogenated alkanes) is 1. The largest absolute Gasteiger partial charge is 0.381 e. The first kappa shape index (κ1) is 15.9. The maximum atomic E-state index is 5.72. The molecule has 0 aromatic carbocycles. The Kier molecular flexibility index (Phi) is 12.9. The van der Waals surface area contributed by atoms with Crippen molar-refractivity contribution in [1.82, 2.24) is 5.32 Å². The molecule has 0 radical (unpaired) electrons. The summed E-state index contributed by atoms with van der Waals surface area (Å²) in [6.07, 6.45) is 7.60. The van der Waals surface area contributed by atoms with Crippen molar-refractivity contribution < 1.29 is 4.74 Å². The van der Waals surface area contributed by atoms with Gasteiger partial charge >= 0.3 is 0 Å². The van der Waals surface area contributed by atoms with Crippen LogP contribution in [0.25, 0.3) is 0 Å². The van der Waals surface area contributed by atoms with Crippen molar-refractivity contribution >= 4 is 0 Å². The summed E-state index contributed by atoms with van der Waals surface area (Å²) in [4.78, 5) is 0. The Morgan fingerprint density at radius 1 is 1.00 bits per heavy atom. The van der Waals surface area contributed by atoms with Crippen molar-refractivity contribution in [3.63, 3.8) is 0 Å². The lowest BCUT2D eigenvalue weighted by Crippen LogP contribution is -2.18. The summed E-state index contributed by atoms with van der Waals surface area (Å²) in [6, 6.07) is 0. The molecule has 1 atom stereocenters. The Bertz CT molecular complexity index is 128. The average Bonchev–Trinajstić information content (AvgIpc) is 2.32.